The molecular weight excluding hydrogens is 162 g/mol. The van der Waals surface area contributed by atoms with E-state index >= 15 is 0 Å². The monoisotopic (exact) mass is 178 g/mol. The number of hydrogen-bond donors (Lipinski definition) is 1. The molecule has 0 unspecified atom stereocenters. The van der Waals surface area contributed by atoms with E-state index in [9.17, 15) is 8.42 Å². The Morgan fingerprint density at radius 3 is 2.45 bits per heavy atom. The Balaban J connectivity index is 3.56. The molecule has 4 heteroatoms. The highest BCUT2D eigenvalue weighted by molar-refractivity contribution is 7.89. The van der Waals surface area contributed by atoms with Crippen molar-refractivity contribution in [1.82, 2.24) is 4.72 Å². The first kappa shape index (κ1) is 10.9. The molecule has 0 aliphatic carbocycles. The first-order valence-corrected chi connectivity index (χ1v) is 5.54. The van der Waals surface area contributed by atoms with Crippen molar-refractivity contribution in [2.45, 2.75) is 26.2 Å². The van der Waals surface area contributed by atoms with Gasteiger partial charge in [0, 0.05) is 6.54 Å². The smallest absolute Gasteiger partial charge is 0.211 e. The van der Waals surface area contributed by atoms with Gasteiger partial charge in [-0.1, -0.05) is 19.8 Å². The Bertz CT molecular complexity index is 175. The Morgan fingerprint density at radius 1 is 1.36 bits per heavy atom. The minimum atomic E-state index is -3.02. The fourth-order valence-corrected chi connectivity index (χ4v) is 1.81. The van der Waals surface area contributed by atoms with Gasteiger partial charge >= 0.3 is 0 Å². The molecule has 0 aromatic carbocycles. The van der Waals surface area contributed by atoms with E-state index in [1.807, 2.05) is 6.92 Å². The summed E-state index contributed by atoms with van der Waals surface area (Å²) in [5, 5.41) is 0. The second-order valence-electron chi connectivity index (χ2n) is 2.42. The third-order valence-corrected chi connectivity index (χ3v) is 2.81. The summed E-state index contributed by atoms with van der Waals surface area (Å²) in [5.41, 5.74) is 0. The van der Waals surface area contributed by atoms with Gasteiger partial charge in [-0.25, -0.2) is 13.1 Å². The SMILES string of the molecule is [CH2]CNS(=O)(=O)CCCCC. The average Bonchev–Trinajstić information content (AvgIpc) is 1.87. The fraction of sp³-hybridized carbons (Fsp3) is 0.857. The van der Waals surface area contributed by atoms with Gasteiger partial charge in [-0.15, -0.1) is 0 Å². The molecule has 0 aliphatic heterocycles. The molecule has 1 N–H and O–H groups in total. The van der Waals surface area contributed by atoms with Crippen LogP contribution in [0.15, 0.2) is 0 Å². The van der Waals surface area contributed by atoms with E-state index in [1.54, 1.807) is 0 Å². The number of hydrogen-bond acceptors (Lipinski definition) is 2. The van der Waals surface area contributed by atoms with Crippen LogP contribution in [0.3, 0.4) is 0 Å². The summed E-state index contributed by atoms with van der Waals surface area (Å²) in [5.74, 6) is 0.232. The average molecular weight is 178 g/mol. The highest BCUT2D eigenvalue weighted by Crippen LogP contribution is 1.96. The summed E-state index contributed by atoms with van der Waals surface area (Å²) in [6, 6.07) is 0. The zero-order valence-electron chi connectivity index (χ0n) is 6.97. The number of unbranched alkanes of at least 4 members (excludes halogenated alkanes) is 2. The van der Waals surface area contributed by atoms with Crippen LogP contribution in [0.2, 0.25) is 0 Å². The van der Waals surface area contributed by atoms with Crippen molar-refractivity contribution in [3.63, 3.8) is 0 Å². The molecule has 0 aromatic rings. The zero-order chi connectivity index (χ0) is 8.74. The number of sulfonamides is 1. The second-order valence-corrected chi connectivity index (χ2v) is 4.35. The van der Waals surface area contributed by atoms with Crippen LogP contribution < -0.4 is 4.72 Å². The molecule has 0 saturated carbocycles. The molecular formula is C7H16NO2S. The number of nitrogens with one attached hydrogen (secondary N) is 1. The van der Waals surface area contributed by atoms with Crippen LogP contribution in [-0.2, 0) is 10.0 Å². The maximum atomic E-state index is 11.0. The van der Waals surface area contributed by atoms with Crippen molar-refractivity contribution >= 4 is 10.0 Å². The molecule has 0 atom stereocenters. The molecule has 67 valence electrons. The summed E-state index contributed by atoms with van der Waals surface area (Å²) in [6.07, 6.45) is 2.75. The van der Waals surface area contributed by atoms with Gasteiger partial charge in [-0.2, -0.15) is 0 Å². The molecule has 0 fully saturated rings. The summed E-state index contributed by atoms with van der Waals surface area (Å²) < 4.78 is 24.3. The standard InChI is InChI=1S/C7H16NO2S/c1-3-5-6-7-11(9,10)8-4-2/h8H,2-7H2,1H3. The maximum absolute atomic E-state index is 11.0. The van der Waals surface area contributed by atoms with E-state index in [4.69, 9.17) is 0 Å². The van der Waals surface area contributed by atoms with E-state index in [2.05, 4.69) is 11.6 Å². The van der Waals surface area contributed by atoms with Crippen LogP contribution in [-0.4, -0.2) is 20.7 Å². The first-order valence-electron chi connectivity index (χ1n) is 3.89. The largest absolute Gasteiger partial charge is 0.215 e. The first-order chi connectivity index (χ1) is 5.12. The van der Waals surface area contributed by atoms with Gasteiger partial charge < -0.3 is 0 Å². The molecule has 0 bridgehead atoms. The Kier molecular flexibility index (Phi) is 5.50. The summed E-state index contributed by atoms with van der Waals surface area (Å²) in [7, 11) is -3.02. The minimum Gasteiger partial charge on any atom is -0.215 e. The molecule has 0 rings (SSSR count). The van der Waals surface area contributed by atoms with Crippen molar-refractivity contribution < 1.29 is 8.42 Å². The van der Waals surface area contributed by atoms with E-state index in [-0.39, 0.29) is 12.3 Å². The zero-order valence-corrected chi connectivity index (χ0v) is 7.78. The van der Waals surface area contributed by atoms with Crippen LogP contribution in [0.4, 0.5) is 0 Å². The van der Waals surface area contributed by atoms with Gasteiger partial charge in [0.15, 0.2) is 0 Å². The lowest BCUT2D eigenvalue weighted by molar-refractivity contribution is 0.580. The van der Waals surface area contributed by atoms with Crippen LogP contribution in [0.1, 0.15) is 26.2 Å². The lowest BCUT2D eigenvalue weighted by atomic mass is 10.3. The topological polar surface area (TPSA) is 46.2 Å². The van der Waals surface area contributed by atoms with Gasteiger partial charge in [0.1, 0.15) is 0 Å². The van der Waals surface area contributed by atoms with Gasteiger partial charge in [-0.3, -0.25) is 0 Å². The highest BCUT2D eigenvalue weighted by Gasteiger charge is 2.06. The molecule has 0 aliphatic rings. The van der Waals surface area contributed by atoms with Crippen LogP contribution in [0, 0.1) is 6.92 Å². The van der Waals surface area contributed by atoms with Gasteiger partial charge in [0.2, 0.25) is 10.0 Å². The van der Waals surface area contributed by atoms with Crippen LogP contribution in [0.5, 0.6) is 0 Å². The molecule has 1 radical (unpaired) electrons. The van der Waals surface area contributed by atoms with Crippen LogP contribution in [0.25, 0.3) is 0 Å². The predicted molar refractivity (Wildman–Crippen MR) is 46.7 cm³/mol. The normalized spacial score (nSPS) is 11.8. The lowest BCUT2D eigenvalue weighted by Gasteiger charge is -2.02. The third-order valence-electron chi connectivity index (χ3n) is 1.34. The summed E-state index contributed by atoms with van der Waals surface area (Å²) >= 11 is 0. The van der Waals surface area contributed by atoms with E-state index < -0.39 is 10.0 Å². The summed E-state index contributed by atoms with van der Waals surface area (Å²) in [6.45, 7) is 5.70. The van der Waals surface area contributed by atoms with E-state index in [0.29, 0.717) is 0 Å². The van der Waals surface area contributed by atoms with Crippen molar-refractivity contribution in [3.05, 3.63) is 6.92 Å². The predicted octanol–water partition coefficient (Wildman–Crippen LogP) is 0.930. The lowest BCUT2D eigenvalue weighted by Crippen LogP contribution is -2.25. The van der Waals surface area contributed by atoms with Crippen molar-refractivity contribution in [3.8, 4) is 0 Å². The summed E-state index contributed by atoms with van der Waals surface area (Å²) in [4.78, 5) is 0. The van der Waals surface area contributed by atoms with Crippen LogP contribution >= 0.6 is 0 Å². The maximum Gasteiger partial charge on any atom is 0.211 e. The van der Waals surface area contributed by atoms with Crippen molar-refractivity contribution in [1.29, 1.82) is 0 Å². The Hall–Kier alpha value is -0.0900. The van der Waals surface area contributed by atoms with E-state index in [0.717, 1.165) is 19.3 Å². The van der Waals surface area contributed by atoms with E-state index in [1.165, 1.54) is 0 Å². The molecule has 0 amide bonds. The molecule has 3 nitrogen and oxygen atoms in total. The quantitative estimate of drug-likeness (QED) is 0.615. The molecule has 11 heavy (non-hydrogen) atoms. The third kappa shape index (κ3) is 6.31. The Labute approximate surface area is 69.2 Å². The second kappa shape index (κ2) is 5.55. The molecule has 0 saturated heterocycles. The highest BCUT2D eigenvalue weighted by atomic mass is 32.2. The van der Waals surface area contributed by atoms with Crippen molar-refractivity contribution in [2.24, 2.45) is 0 Å². The van der Waals surface area contributed by atoms with Crippen molar-refractivity contribution in [2.75, 3.05) is 12.3 Å². The minimum absolute atomic E-state index is 0.232. The van der Waals surface area contributed by atoms with Gasteiger partial charge in [0.05, 0.1) is 5.75 Å². The molecule has 0 heterocycles. The van der Waals surface area contributed by atoms with Gasteiger partial charge in [0.25, 0.3) is 0 Å². The molecule has 0 aromatic heterocycles. The molecule has 0 spiro atoms. The van der Waals surface area contributed by atoms with Gasteiger partial charge in [-0.05, 0) is 13.3 Å². The fourth-order valence-electron chi connectivity index (χ4n) is 0.770. The number of rotatable bonds is 6. The Morgan fingerprint density at radius 2 is 2.00 bits per heavy atom.